The minimum atomic E-state index is -0.166. The summed E-state index contributed by atoms with van der Waals surface area (Å²) in [6.07, 6.45) is 6.15. The molecule has 2 fully saturated rings. The van der Waals surface area contributed by atoms with E-state index in [1.165, 1.54) is 31.7 Å². The quantitative estimate of drug-likeness (QED) is 0.670. The molecule has 98 valence electrons. The predicted molar refractivity (Wildman–Crippen MR) is 76.4 cm³/mol. The normalized spacial score (nSPS) is 34.2. The van der Waals surface area contributed by atoms with Crippen molar-refractivity contribution in [3.05, 3.63) is 34.1 Å². The van der Waals surface area contributed by atoms with Crippen LogP contribution in [0.15, 0.2) is 22.7 Å². The van der Waals surface area contributed by atoms with Crippen molar-refractivity contribution < 1.29 is 4.39 Å². The van der Waals surface area contributed by atoms with Gasteiger partial charge in [-0.1, -0.05) is 18.6 Å². The number of hydrogen-bond acceptors (Lipinski definition) is 0. The van der Waals surface area contributed by atoms with Gasteiger partial charge in [0.1, 0.15) is 5.82 Å². The van der Waals surface area contributed by atoms with Gasteiger partial charge in [-0.05, 0) is 70.5 Å². The van der Waals surface area contributed by atoms with Crippen molar-refractivity contribution >= 4 is 27.5 Å². The Bertz CT molecular complexity index is 462. The topological polar surface area (TPSA) is 0 Å². The van der Waals surface area contributed by atoms with Gasteiger partial charge in [0.2, 0.25) is 0 Å². The Balaban J connectivity index is 1.88. The maximum Gasteiger partial charge on any atom is 0.137 e. The van der Waals surface area contributed by atoms with Gasteiger partial charge >= 0.3 is 0 Å². The van der Waals surface area contributed by atoms with Gasteiger partial charge in [0.15, 0.2) is 0 Å². The van der Waals surface area contributed by atoms with E-state index < -0.39 is 0 Å². The van der Waals surface area contributed by atoms with Crippen molar-refractivity contribution in [1.82, 2.24) is 0 Å². The van der Waals surface area contributed by atoms with Crippen molar-refractivity contribution in [3.8, 4) is 0 Å². The van der Waals surface area contributed by atoms with E-state index in [9.17, 15) is 4.39 Å². The van der Waals surface area contributed by atoms with Crippen LogP contribution in [0.5, 0.6) is 0 Å². The van der Waals surface area contributed by atoms with Crippen molar-refractivity contribution in [1.29, 1.82) is 0 Å². The standard InChI is InChI=1S/C15H17BrClF/c16-14-11(2-1-3-13(14)18)8-15(9-17)7-10-4-5-12(15)6-10/h1-3,10,12H,4-9H2. The van der Waals surface area contributed by atoms with Crippen molar-refractivity contribution in [2.45, 2.75) is 32.1 Å². The monoisotopic (exact) mass is 330 g/mol. The predicted octanol–water partition coefficient (Wildman–Crippen LogP) is 5.18. The molecule has 2 aliphatic rings. The second-order valence-corrected chi connectivity index (χ2v) is 7.03. The fourth-order valence-corrected chi connectivity index (χ4v) is 4.88. The number of rotatable bonds is 3. The van der Waals surface area contributed by atoms with Crippen LogP contribution in [0.3, 0.4) is 0 Å². The van der Waals surface area contributed by atoms with Crippen LogP contribution in [-0.2, 0) is 6.42 Å². The molecule has 1 aromatic rings. The highest BCUT2D eigenvalue weighted by Crippen LogP contribution is 2.58. The zero-order valence-electron chi connectivity index (χ0n) is 10.3. The molecule has 0 spiro atoms. The van der Waals surface area contributed by atoms with Crippen LogP contribution in [0.1, 0.15) is 31.2 Å². The molecule has 0 N–H and O–H groups in total. The van der Waals surface area contributed by atoms with Crippen LogP contribution in [0, 0.1) is 23.1 Å². The molecule has 0 aliphatic heterocycles. The zero-order chi connectivity index (χ0) is 12.8. The van der Waals surface area contributed by atoms with Crippen LogP contribution in [0.4, 0.5) is 4.39 Å². The van der Waals surface area contributed by atoms with Gasteiger partial charge < -0.3 is 0 Å². The first-order valence-electron chi connectivity index (χ1n) is 6.63. The van der Waals surface area contributed by atoms with E-state index in [0.717, 1.165) is 23.8 Å². The summed E-state index contributed by atoms with van der Waals surface area (Å²) >= 11 is 9.67. The third-order valence-electron chi connectivity index (χ3n) is 4.94. The Morgan fingerprint density at radius 1 is 1.39 bits per heavy atom. The van der Waals surface area contributed by atoms with Gasteiger partial charge in [0, 0.05) is 5.88 Å². The van der Waals surface area contributed by atoms with E-state index in [2.05, 4.69) is 15.9 Å². The molecular formula is C15H17BrClF. The van der Waals surface area contributed by atoms with Gasteiger partial charge in [-0.25, -0.2) is 4.39 Å². The molecule has 0 saturated heterocycles. The Hall–Kier alpha value is -0.0800. The van der Waals surface area contributed by atoms with E-state index in [1.807, 2.05) is 6.07 Å². The van der Waals surface area contributed by atoms with E-state index in [1.54, 1.807) is 6.07 Å². The lowest BCUT2D eigenvalue weighted by Gasteiger charge is -2.36. The Morgan fingerprint density at radius 3 is 2.83 bits per heavy atom. The number of alkyl halides is 1. The fraction of sp³-hybridized carbons (Fsp3) is 0.600. The second kappa shape index (κ2) is 4.79. The smallest absolute Gasteiger partial charge is 0.137 e. The SMILES string of the molecule is Fc1cccc(CC2(CCl)CC3CCC2C3)c1Br. The van der Waals surface area contributed by atoms with Crippen molar-refractivity contribution in [2.24, 2.45) is 17.3 Å². The summed E-state index contributed by atoms with van der Waals surface area (Å²) in [4.78, 5) is 0. The lowest BCUT2D eigenvalue weighted by molar-refractivity contribution is 0.192. The molecular weight excluding hydrogens is 315 g/mol. The first kappa shape index (κ1) is 12.9. The molecule has 0 amide bonds. The average molecular weight is 332 g/mol. The number of hydrogen-bond donors (Lipinski definition) is 0. The van der Waals surface area contributed by atoms with Crippen LogP contribution >= 0.6 is 27.5 Å². The molecule has 1 aromatic carbocycles. The van der Waals surface area contributed by atoms with E-state index in [0.29, 0.717) is 10.4 Å². The summed E-state index contributed by atoms with van der Waals surface area (Å²) in [5, 5.41) is 0. The third kappa shape index (κ3) is 2.02. The van der Waals surface area contributed by atoms with E-state index >= 15 is 0 Å². The molecule has 3 atom stereocenters. The highest BCUT2D eigenvalue weighted by Gasteiger charge is 2.50. The van der Waals surface area contributed by atoms with Crippen LogP contribution < -0.4 is 0 Å². The van der Waals surface area contributed by atoms with Crippen molar-refractivity contribution in [2.75, 3.05) is 5.88 Å². The first-order valence-corrected chi connectivity index (χ1v) is 7.96. The Kier molecular flexibility index (Phi) is 3.44. The van der Waals surface area contributed by atoms with Gasteiger partial charge in [-0.2, -0.15) is 0 Å². The molecule has 0 heterocycles. The van der Waals surface area contributed by atoms with Gasteiger partial charge in [0.05, 0.1) is 4.47 Å². The summed E-state index contributed by atoms with van der Waals surface area (Å²) in [5.74, 6) is 2.15. The molecule has 3 rings (SSSR count). The molecule has 3 heteroatoms. The molecule has 0 nitrogen and oxygen atoms in total. The maximum absolute atomic E-state index is 13.6. The van der Waals surface area contributed by atoms with Crippen LogP contribution in [0.25, 0.3) is 0 Å². The summed E-state index contributed by atoms with van der Waals surface area (Å²) in [6.45, 7) is 0. The zero-order valence-corrected chi connectivity index (χ0v) is 12.6. The molecule has 2 saturated carbocycles. The number of fused-ring (bicyclic) bond motifs is 2. The average Bonchev–Trinajstić information content (AvgIpc) is 2.96. The van der Waals surface area contributed by atoms with Crippen LogP contribution in [0.2, 0.25) is 0 Å². The van der Waals surface area contributed by atoms with E-state index in [-0.39, 0.29) is 11.2 Å². The largest absolute Gasteiger partial charge is 0.206 e. The van der Waals surface area contributed by atoms with Gasteiger partial charge in [0.25, 0.3) is 0 Å². The number of halogens is 3. The minimum absolute atomic E-state index is 0.166. The van der Waals surface area contributed by atoms with Gasteiger partial charge in [-0.15, -0.1) is 11.6 Å². The molecule has 0 aromatic heterocycles. The Morgan fingerprint density at radius 2 is 2.22 bits per heavy atom. The minimum Gasteiger partial charge on any atom is -0.206 e. The highest BCUT2D eigenvalue weighted by molar-refractivity contribution is 9.10. The molecule has 2 aliphatic carbocycles. The van der Waals surface area contributed by atoms with Crippen LogP contribution in [-0.4, -0.2) is 5.88 Å². The molecule has 3 unspecified atom stereocenters. The van der Waals surface area contributed by atoms with E-state index in [4.69, 9.17) is 11.6 Å². The summed E-state index contributed by atoms with van der Waals surface area (Å²) in [6, 6.07) is 5.32. The fourth-order valence-electron chi connectivity index (χ4n) is 4.05. The lowest BCUT2D eigenvalue weighted by Crippen LogP contribution is -2.32. The molecule has 18 heavy (non-hydrogen) atoms. The maximum atomic E-state index is 13.6. The lowest BCUT2D eigenvalue weighted by atomic mass is 9.71. The summed E-state index contributed by atoms with van der Waals surface area (Å²) in [5.41, 5.74) is 1.28. The summed E-state index contributed by atoms with van der Waals surface area (Å²) in [7, 11) is 0. The number of benzene rings is 1. The molecule has 2 bridgehead atoms. The molecule has 0 radical (unpaired) electrons. The Labute approximate surface area is 121 Å². The second-order valence-electron chi connectivity index (χ2n) is 5.97. The van der Waals surface area contributed by atoms with Crippen molar-refractivity contribution in [3.63, 3.8) is 0 Å². The summed E-state index contributed by atoms with van der Waals surface area (Å²) < 4.78 is 14.2. The highest BCUT2D eigenvalue weighted by atomic mass is 79.9. The third-order valence-corrected chi connectivity index (χ3v) is 6.36. The first-order chi connectivity index (χ1) is 8.64. The van der Waals surface area contributed by atoms with Gasteiger partial charge in [-0.3, -0.25) is 0 Å².